The third-order valence-electron chi connectivity index (χ3n) is 2.82. The molecule has 1 heterocycles. The maximum atomic E-state index is 5.71. The summed E-state index contributed by atoms with van der Waals surface area (Å²) in [7, 11) is 3.45. The first-order valence-corrected chi connectivity index (χ1v) is 6.07. The fourth-order valence-corrected chi connectivity index (χ4v) is 1.75. The third-order valence-corrected chi connectivity index (χ3v) is 2.82. The second-order valence-corrected chi connectivity index (χ2v) is 4.11. The van der Waals surface area contributed by atoms with Gasteiger partial charge < -0.3 is 15.2 Å². The van der Waals surface area contributed by atoms with Crippen molar-refractivity contribution in [3.8, 4) is 11.5 Å². The van der Waals surface area contributed by atoms with Crippen LogP contribution in [0.5, 0.6) is 11.5 Å². The molecule has 6 heteroatoms. The average Bonchev–Trinajstić information content (AvgIpc) is 2.83. The van der Waals surface area contributed by atoms with E-state index in [0.29, 0.717) is 24.7 Å². The van der Waals surface area contributed by atoms with Gasteiger partial charge in [-0.3, -0.25) is 4.68 Å². The number of benzene rings is 1. The number of ether oxygens (including phenoxy) is 2. The fraction of sp³-hybridized carbons (Fsp3) is 0.385. The minimum Gasteiger partial charge on any atom is -0.493 e. The summed E-state index contributed by atoms with van der Waals surface area (Å²) in [5.74, 6) is 2.15. The van der Waals surface area contributed by atoms with Crippen LogP contribution in [0.3, 0.4) is 0 Å². The molecule has 0 radical (unpaired) electrons. The van der Waals surface area contributed by atoms with E-state index in [-0.39, 0.29) is 0 Å². The monoisotopic (exact) mass is 262 g/mol. The zero-order chi connectivity index (χ0) is 13.7. The van der Waals surface area contributed by atoms with Gasteiger partial charge in [-0.15, -0.1) is 0 Å². The first kappa shape index (κ1) is 13.4. The molecule has 19 heavy (non-hydrogen) atoms. The highest BCUT2D eigenvalue weighted by atomic mass is 16.5. The quantitative estimate of drug-likeness (QED) is 0.837. The van der Waals surface area contributed by atoms with Gasteiger partial charge in [-0.2, -0.15) is 5.10 Å². The van der Waals surface area contributed by atoms with Gasteiger partial charge in [0.2, 0.25) is 0 Å². The summed E-state index contributed by atoms with van der Waals surface area (Å²) in [5.41, 5.74) is 6.67. The summed E-state index contributed by atoms with van der Waals surface area (Å²) in [6.45, 7) is 0.964. The van der Waals surface area contributed by atoms with Crippen molar-refractivity contribution in [3.05, 3.63) is 35.9 Å². The highest BCUT2D eigenvalue weighted by Gasteiger charge is 2.08. The van der Waals surface area contributed by atoms with Crippen LogP contribution in [-0.2, 0) is 20.1 Å². The van der Waals surface area contributed by atoms with Crippen LogP contribution in [0.1, 0.15) is 11.4 Å². The lowest BCUT2D eigenvalue weighted by atomic mass is 10.1. The molecule has 0 aliphatic heterocycles. The van der Waals surface area contributed by atoms with Crippen LogP contribution in [0, 0.1) is 0 Å². The summed E-state index contributed by atoms with van der Waals surface area (Å²) in [4.78, 5) is 4.10. The molecular formula is C13H18N4O2. The van der Waals surface area contributed by atoms with Crippen molar-refractivity contribution in [2.75, 3.05) is 13.7 Å². The second kappa shape index (κ2) is 6.19. The zero-order valence-electron chi connectivity index (χ0n) is 11.2. The van der Waals surface area contributed by atoms with Gasteiger partial charge in [0.1, 0.15) is 12.9 Å². The Hall–Kier alpha value is -2.08. The molecule has 0 aliphatic rings. The van der Waals surface area contributed by atoms with E-state index in [9.17, 15) is 0 Å². The molecule has 6 nitrogen and oxygen atoms in total. The predicted octanol–water partition coefficient (Wildman–Crippen LogP) is 0.904. The smallest absolute Gasteiger partial charge is 0.164 e. The number of rotatable bonds is 6. The van der Waals surface area contributed by atoms with Crippen molar-refractivity contribution in [2.45, 2.75) is 13.0 Å². The molecule has 0 bridgehead atoms. The Morgan fingerprint density at radius 3 is 2.79 bits per heavy atom. The third kappa shape index (κ3) is 3.23. The van der Waals surface area contributed by atoms with Crippen molar-refractivity contribution in [3.63, 3.8) is 0 Å². The van der Waals surface area contributed by atoms with Crippen molar-refractivity contribution < 1.29 is 9.47 Å². The van der Waals surface area contributed by atoms with Gasteiger partial charge in [0.25, 0.3) is 0 Å². The van der Waals surface area contributed by atoms with Crippen LogP contribution < -0.4 is 15.2 Å². The number of hydrogen-bond acceptors (Lipinski definition) is 5. The molecule has 0 saturated heterocycles. The summed E-state index contributed by atoms with van der Waals surface area (Å²) < 4.78 is 12.7. The topological polar surface area (TPSA) is 75.2 Å². The van der Waals surface area contributed by atoms with E-state index in [0.717, 1.165) is 17.8 Å². The van der Waals surface area contributed by atoms with E-state index >= 15 is 0 Å². The molecule has 1 aromatic heterocycles. The lowest BCUT2D eigenvalue weighted by molar-refractivity contribution is 0.271. The summed E-state index contributed by atoms with van der Waals surface area (Å²) in [5, 5.41) is 3.99. The zero-order valence-corrected chi connectivity index (χ0v) is 11.2. The highest BCUT2D eigenvalue weighted by Crippen LogP contribution is 2.28. The predicted molar refractivity (Wildman–Crippen MR) is 71.1 cm³/mol. The van der Waals surface area contributed by atoms with E-state index in [4.69, 9.17) is 15.2 Å². The van der Waals surface area contributed by atoms with E-state index in [1.165, 1.54) is 6.33 Å². The fourth-order valence-electron chi connectivity index (χ4n) is 1.75. The molecule has 1 aromatic carbocycles. The van der Waals surface area contributed by atoms with Crippen LogP contribution >= 0.6 is 0 Å². The first-order chi connectivity index (χ1) is 9.24. The Morgan fingerprint density at radius 1 is 1.32 bits per heavy atom. The highest BCUT2D eigenvalue weighted by molar-refractivity contribution is 5.43. The lowest BCUT2D eigenvalue weighted by Gasteiger charge is -2.11. The molecule has 0 unspecified atom stereocenters. The molecule has 0 fully saturated rings. The average molecular weight is 262 g/mol. The maximum absolute atomic E-state index is 5.71. The van der Waals surface area contributed by atoms with Crippen LogP contribution in [0.25, 0.3) is 0 Å². The van der Waals surface area contributed by atoms with Gasteiger partial charge in [-0.25, -0.2) is 4.98 Å². The summed E-state index contributed by atoms with van der Waals surface area (Å²) in [6, 6.07) is 5.82. The first-order valence-electron chi connectivity index (χ1n) is 6.07. The van der Waals surface area contributed by atoms with E-state index in [1.54, 1.807) is 11.8 Å². The van der Waals surface area contributed by atoms with Gasteiger partial charge >= 0.3 is 0 Å². The van der Waals surface area contributed by atoms with Crippen LogP contribution in [0.4, 0.5) is 0 Å². The Labute approximate surface area is 112 Å². The van der Waals surface area contributed by atoms with Crippen LogP contribution in [0.2, 0.25) is 0 Å². The molecule has 0 saturated carbocycles. The van der Waals surface area contributed by atoms with E-state index in [1.807, 2.05) is 25.2 Å². The number of hydrogen-bond donors (Lipinski definition) is 1. The Bertz CT molecular complexity index is 539. The maximum Gasteiger partial charge on any atom is 0.164 e. The second-order valence-electron chi connectivity index (χ2n) is 4.11. The number of aromatic nitrogens is 3. The molecule has 2 rings (SSSR count). The minimum absolute atomic E-state index is 0.350. The van der Waals surface area contributed by atoms with E-state index in [2.05, 4.69) is 10.1 Å². The summed E-state index contributed by atoms with van der Waals surface area (Å²) >= 11 is 0. The van der Waals surface area contributed by atoms with Gasteiger partial charge in [0, 0.05) is 7.05 Å². The van der Waals surface area contributed by atoms with Gasteiger partial charge in [-0.05, 0) is 30.7 Å². The van der Waals surface area contributed by atoms with Crippen molar-refractivity contribution in [2.24, 2.45) is 12.8 Å². The normalized spacial score (nSPS) is 10.5. The number of nitrogens with two attached hydrogens (primary N) is 1. The molecular weight excluding hydrogens is 244 g/mol. The van der Waals surface area contributed by atoms with Crippen molar-refractivity contribution in [1.29, 1.82) is 0 Å². The molecule has 2 N–H and O–H groups in total. The molecule has 0 atom stereocenters. The lowest BCUT2D eigenvalue weighted by Crippen LogP contribution is -2.06. The molecule has 0 aliphatic carbocycles. The Balaban J connectivity index is 2.09. The number of aryl methyl sites for hydroxylation is 1. The van der Waals surface area contributed by atoms with E-state index < -0.39 is 0 Å². The molecule has 102 valence electrons. The van der Waals surface area contributed by atoms with Gasteiger partial charge in [0.15, 0.2) is 17.3 Å². The van der Waals surface area contributed by atoms with Crippen LogP contribution in [0.15, 0.2) is 24.5 Å². The standard InChI is InChI=1S/C13H18N4O2/c1-17-13(15-9-16-17)8-19-11-4-3-10(5-6-14)7-12(11)18-2/h3-4,7,9H,5-6,8,14H2,1-2H3. The summed E-state index contributed by atoms with van der Waals surface area (Å²) in [6.07, 6.45) is 2.32. The largest absolute Gasteiger partial charge is 0.493 e. The minimum atomic E-state index is 0.350. The SMILES string of the molecule is COc1cc(CCN)ccc1OCc1ncnn1C. The van der Waals surface area contributed by atoms with Gasteiger partial charge in [-0.1, -0.05) is 6.07 Å². The van der Waals surface area contributed by atoms with Crippen LogP contribution in [-0.4, -0.2) is 28.4 Å². The van der Waals surface area contributed by atoms with Gasteiger partial charge in [0.05, 0.1) is 7.11 Å². The Kier molecular flexibility index (Phi) is 4.35. The molecule has 0 amide bonds. The Morgan fingerprint density at radius 2 is 2.16 bits per heavy atom. The van der Waals surface area contributed by atoms with Crippen molar-refractivity contribution in [1.82, 2.24) is 14.8 Å². The molecule has 2 aromatic rings. The molecule has 0 spiro atoms. The number of methoxy groups -OCH3 is 1. The van der Waals surface area contributed by atoms with Crippen molar-refractivity contribution >= 4 is 0 Å². The number of nitrogens with zero attached hydrogens (tertiary/aromatic N) is 3.